The van der Waals surface area contributed by atoms with Crippen LogP contribution in [-0.4, -0.2) is 45.5 Å². The molecule has 2 rings (SSSR count). The van der Waals surface area contributed by atoms with Gasteiger partial charge in [0.2, 0.25) is 0 Å². The maximum absolute atomic E-state index is 12.1. The number of rotatable bonds is 6. The second-order valence-electron chi connectivity index (χ2n) is 5.16. The first-order valence-electron chi connectivity index (χ1n) is 7.60. The number of hydrogen-bond donors (Lipinski definition) is 2. The van der Waals surface area contributed by atoms with Crippen LogP contribution < -0.4 is 5.32 Å². The van der Waals surface area contributed by atoms with E-state index in [4.69, 9.17) is 0 Å². The molecule has 0 aliphatic carbocycles. The van der Waals surface area contributed by atoms with Crippen LogP contribution in [0.15, 0.2) is 18.2 Å². The second-order valence-corrected chi connectivity index (χ2v) is 5.16. The Bertz CT molecular complexity index is 773. The molecule has 2 aromatic rings. The summed E-state index contributed by atoms with van der Waals surface area (Å²) in [7, 11) is 1.29. The Morgan fingerprint density at radius 3 is 2.79 bits per heavy atom. The molecule has 8 heteroatoms. The predicted molar refractivity (Wildman–Crippen MR) is 88.4 cm³/mol. The van der Waals surface area contributed by atoms with Crippen LogP contribution in [0, 0.1) is 13.8 Å². The molecule has 128 valence electrons. The van der Waals surface area contributed by atoms with Crippen LogP contribution in [-0.2, 0) is 16.1 Å². The summed E-state index contributed by atoms with van der Waals surface area (Å²) >= 11 is 0. The van der Waals surface area contributed by atoms with Crippen LogP contribution in [0.3, 0.4) is 0 Å². The Morgan fingerprint density at radius 2 is 2.17 bits per heavy atom. The Balaban J connectivity index is 2.08. The summed E-state index contributed by atoms with van der Waals surface area (Å²) in [6.45, 7) is 6.91. The van der Waals surface area contributed by atoms with Gasteiger partial charge < -0.3 is 10.1 Å². The van der Waals surface area contributed by atoms with Crippen molar-refractivity contribution in [3.05, 3.63) is 35.3 Å². The van der Waals surface area contributed by atoms with E-state index < -0.39 is 5.97 Å². The highest BCUT2D eigenvalue weighted by Gasteiger charge is 2.17. The predicted octanol–water partition coefficient (Wildman–Crippen LogP) is 1.37. The first kappa shape index (κ1) is 17.5. The van der Waals surface area contributed by atoms with Gasteiger partial charge in [-0.25, -0.2) is 4.79 Å². The molecule has 0 saturated heterocycles. The third-order valence-corrected chi connectivity index (χ3v) is 3.60. The zero-order chi connectivity index (χ0) is 17.7. The molecule has 0 atom stereocenters. The molecule has 0 aliphatic rings. The van der Waals surface area contributed by atoms with Gasteiger partial charge in [-0.2, -0.15) is 10.2 Å². The van der Waals surface area contributed by atoms with E-state index in [1.54, 1.807) is 6.07 Å². The topological polar surface area (TPSA) is 102 Å². The molecule has 24 heavy (non-hydrogen) atoms. The van der Waals surface area contributed by atoms with E-state index in [-0.39, 0.29) is 12.5 Å². The average molecular weight is 331 g/mol. The van der Waals surface area contributed by atoms with Crippen molar-refractivity contribution in [2.45, 2.75) is 27.3 Å². The van der Waals surface area contributed by atoms with E-state index in [1.165, 1.54) is 19.3 Å². The number of carbonyl (C=O) groups excluding carboxylic acids is 2. The molecule has 0 aromatic carbocycles. The van der Waals surface area contributed by atoms with Crippen molar-refractivity contribution in [1.29, 1.82) is 0 Å². The van der Waals surface area contributed by atoms with Gasteiger partial charge in [0.05, 0.1) is 18.5 Å². The third-order valence-electron chi connectivity index (χ3n) is 3.60. The van der Waals surface area contributed by atoms with Crippen molar-refractivity contribution in [1.82, 2.24) is 25.3 Å². The summed E-state index contributed by atoms with van der Waals surface area (Å²) < 4.78 is 6.36. The Hall–Kier alpha value is -2.90. The summed E-state index contributed by atoms with van der Waals surface area (Å²) in [6.07, 6.45) is 2.77. The molecule has 2 aromatic heterocycles. The van der Waals surface area contributed by atoms with Crippen molar-refractivity contribution < 1.29 is 14.3 Å². The minimum Gasteiger partial charge on any atom is -0.466 e. The standard InChI is InChI=1S/C16H21N5O3/c1-5-21-11(3)15(10(2)20-21)12-9-13(19-18-12)16(23)17-8-6-7-14(22)24-4/h6-7,9H,5,8H2,1-4H3,(H,17,23)(H,18,19)/b7-6+. The maximum Gasteiger partial charge on any atom is 0.330 e. The van der Waals surface area contributed by atoms with Gasteiger partial charge in [-0.15, -0.1) is 0 Å². The summed E-state index contributed by atoms with van der Waals surface area (Å²) in [5, 5.41) is 14.1. The van der Waals surface area contributed by atoms with Crippen molar-refractivity contribution in [2.75, 3.05) is 13.7 Å². The fourth-order valence-electron chi connectivity index (χ4n) is 2.41. The minimum atomic E-state index is -0.466. The van der Waals surface area contributed by atoms with Crippen LogP contribution in [0.2, 0.25) is 0 Å². The van der Waals surface area contributed by atoms with Crippen molar-refractivity contribution in [3.63, 3.8) is 0 Å². The SMILES string of the molecule is CCn1nc(C)c(-c2cc(C(=O)NC/C=C/C(=O)OC)[nH]n2)c1C. The van der Waals surface area contributed by atoms with Crippen LogP contribution in [0.5, 0.6) is 0 Å². The number of methoxy groups -OCH3 is 1. The Labute approximate surface area is 139 Å². The first-order valence-corrected chi connectivity index (χ1v) is 7.60. The lowest BCUT2D eigenvalue weighted by Crippen LogP contribution is -2.23. The van der Waals surface area contributed by atoms with Crippen molar-refractivity contribution in [2.24, 2.45) is 0 Å². The summed E-state index contributed by atoms with van der Waals surface area (Å²) in [6, 6.07) is 1.69. The maximum atomic E-state index is 12.1. The smallest absolute Gasteiger partial charge is 0.330 e. The molecule has 8 nitrogen and oxygen atoms in total. The fraction of sp³-hybridized carbons (Fsp3) is 0.375. The summed E-state index contributed by atoms with van der Waals surface area (Å²) in [5.74, 6) is -0.770. The zero-order valence-corrected chi connectivity index (χ0v) is 14.2. The number of nitrogens with one attached hydrogen (secondary N) is 2. The number of esters is 1. The molecule has 0 saturated carbocycles. The van der Waals surface area contributed by atoms with Crippen LogP contribution in [0.4, 0.5) is 0 Å². The normalized spacial score (nSPS) is 11.0. The van der Waals surface area contributed by atoms with Crippen LogP contribution in [0.1, 0.15) is 28.8 Å². The second kappa shape index (κ2) is 7.58. The molecule has 0 unspecified atom stereocenters. The highest BCUT2D eigenvalue weighted by molar-refractivity contribution is 5.93. The number of H-pyrrole nitrogens is 1. The number of ether oxygens (including phenoxy) is 1. The summed E-state index contributed by atoms with van der Waals surface area (Å²) in [4.78, 5) is 23.0. The largest absolute Gasteiger partial charge is 0.466 e. The molecule has 2 N–H and O–H groups in total. The summed E-state index contributed by atoms with van der Waals surface area (Å²) in [5.41, 5.74) is 3.83. The van der Waals surface area contributed by atoms with E-state index in [1.807, 2.05) is 25.5 Å². The molecule has 1 amide bonds. The molecule has 0 bridgehead atoms. The number of aromatic amines is 1. The van der Waals surface area contributed by atoms with Gasteiger partial charge in [0.15, 0.2) is 0 Å². The average Bonchev–Trinajstić information content (AvgIpc) is 3.15. The zero-order valence-electron chi connectivity index (χ0n) is 14.2. The number of nitrogens with zero attached hydrogens (tertiary/aromatic N) is 3. The molecule has 0 aliphatic heterocycles. The monoisotopic (exact) mass is 331 g/mol. The van der Waals surface area contributed by atoms with E-state index >= 15 is 0 Å². The highest BCUT2D eigenvalue weighted by Crippen LogP contribution is 2.25. The van der Waals surface area contributed by atoms with E-state index in [9.17, 15) is 9.59 Å². The van der Waals surface area contributed by atoms with Crippen molar-refractivity contribution in [3.8, 4) is 11.3 Å². The molecular formula is C16H21N5O3. The Kier molecular flexibility index (Phi) is 5.51. The van der Waals surface area contributed by atoms with Gasteiger partial charge in [-0.3, -0.25) is 14.6 Å². The third kappa shape index (κ3) is 3.70. The lowest BCUT2D eigenvalue weighted by molar-refractivity contribution is -0.134. The fourth-order valence-corrected chi connectivity index (χ4v) is 2.41. The first-order chi connectivity index (χ1) is 11.5. The van der Waals surface area contributed by atoms with Crippen LogP contribution >= 0.6 is 0 Å². The number of carbonyl (C=O) groups is 2. The molecule has 0 fully saturated rings. The molecule has 0 spiro atoms. The highest BCUT2D eigenvalue weighted by atomic mass is 16.5. The Morgan fingerprint density at radius 1 is 1.42 bits per heavy atom. The van der Waals surface area contributed by atoms with Crippen LogP contribution in [0.25, 0.3) is 11.3 Å². The quantitative estimate of drug-likeness (QED) is 0.615. The van der Waals surface area contributed by atoms with Gasteiger partial charge in [-0.1, -0.05) is 6.08 Å². The number of hydrogen-bond acceptors (Lipinski definition) is 5. The minimum absolute atomic E-state index is 0.216. The van der Waals surface area contributed by atoms with E-state index in [0.29, 0.717) is 11.4 Å². The van der Waals surface area contributed by atoms with Gasteiger partial charge in [-0.05, 0) is 26.8 Å². The molecule has 0 radical (unpaired) electrons. The van der Waals surface area contributed by atoms with Gasteiger partial charge in [0, 0.05) is 30.4 Å². The number of aromatic nitrogens is 4. The number of amides is 1. The lowest BCUT2D eigenvalue weighted by atomic mass is 10.1. The van der Waals surface area contributed by atoms with Crippen molar-refractivity contribution >= 4 is 11.9 Å². The number of aryl methyl sites for hydroxylation is 2. The van der Waals surface area contributed by atoms with Gasteiger partial charge in [0.25, 0.3) is 5.91 Å². The molecular weight excluding hydrogens is 310 g/mol. The van der Waals surface area contributed by atoms with Gasteiger partial charge in [0.1, 0.15) is 5.69 Å². The van der Waals surface area contributed by atoms with E-state index in [0.717, 1.165) is 23.5 Å². The van der Waals surface area contributed by atoms with Gasteiger partial charge >= 0.3 is 5.97 Å². The molecule has 2 heterocycles. The lowest BCUT2D eigenvalue weighted by Gasteiger charge is -1.99. The van der Waals surface area contributed by atoms with E-state index in [2.05, 4.69) is 25.3 Å².